The van der Waals surface area contributed by atoms with Crippen molar-refractivity contribution in [1.29, 1.82) is 0 Å². The van der Waals surface area contributed by atoms with Gasteiger partial charge in [-0.3, -0.25) is 4.79 Å². The van der Waals surface area contributed by atoms with Crippen LogP contribution in [0.2, 0.25) is 0 Å². The van der Waals surface area contributed by atoms with Gasteiger partial charge in [-0.15, -0.1) is 0 Å². The van der Waals surface area contributed by atoms with E-state index < -0.39 is 0 Å². The molecule has 2 nitrogen and oxygen atoms in total. The minimum absolute atomic E-state index is 0.209. The van der Waals surface area contributed by atoms with Crippen LogP contribution >= 0.6 is 0 Å². The summed E-state index contributed by atoms with van der Waals surface area (Å²) in [6, 6.07) is 8.60. The first-order valence-corrected chi connectivity index (χ1v) is 6.65. The summed E-state index contributed by atoms with van der Waals surface area (Å²) in [6.07, 6.45) is 0.518. The van der Waals surface area contributed by atoms with Crippen LogP contribution in [0.25, 0.3) is 5.69 Å². The van der Waals surface area contributed by atoms with E-state index in [4.69, 9.17) is 0 Å². The first-order valence-electron chi connectivity index (χ1n) is 6.65. The number of hydrogen-bond donors (Lipinski definition) is 0. The Labute approximate surface area is 115 Å². The van der Waals surface area contributed by atoms with E-state index in [2.05, 4.69) is 56.5 Å². The van der Waals surface area contributed by atoms with Crippen LogP contribution in [-0.4, -0.2) is 10.4 Å². The van der Waals surface area contributed by atoms with Gasteiger partial charge in [-0.2, -0.15) is 0 Å². The predicted molar refractivity (Wildman–Crippen MR) is 79.1 cm³/mol. The highest BCUT2D eigenvalue weighted by Crippen LogP contribution is 2.23. The number of ketones is 1. The highest BCUT2D eigenvalue weighted by Gasteiger charge is 2.12. The Morgan fingerprint density at radius 1 is 1.05 bits per heavy atom. The molecule has 0 unspecified atom stereocenters. The molecule has 2 heteroatoms. The first-order chi connectivity index (χ1) is 8.90. The number of nitrogens with zero attached hydrogens (tertiary/aromatic N) is 1. The fraction of sp³-hybridized carbons (Fsp3) is 0.353. The lowest BCUT2D eigenvalue weighted by Gasteiger charge is -2.12. The molecule has 100 valence electrons. The molecular weight excluding hydrogens is 234 g/mol. The molecule has 2 rings (SSSR count). The number of rotatable bonds is 3. The molecule has 0 aliphatic heterocycles. The summed E-state index contributed by atoms with van der Waals surface area (Å²) in [6.45, 7) is 10.1. The topological polar surface area (TPSA) is 22.0 Å². The van der Waals surface area contributed by atoms with Crippen LogP contribution in [0, 0.1) is 27.7 Å². The van der Waals surface area contributed by atoms with Gasteiger partial charge in [-0.25, -0.2) is 0 Å². The summed E-state index contributed by atoms with van der Waals surface area (Å²) in [5.41, 5.74) is 7.23. The molecule has 0 radical (unpaired) electrons. The van der Waals surface area contributed by atoms with Gasteiger partial charge < -0.3 is 4.57 Å². The fourth-order valence-electron chi connectivity index (χ4n) is 2.54. The second kappa shape index (κ2) is 5.04. The van der Waals surface area contributed by atoms with Crippen molar-refractivity contribution in [3.63, 3.8) is 0 Å². The van der Waals surface area contributed by atoms with Crippen molar-refractivity contribution < 1.29 is 4.79 Å². The Kier molecular flexibility index (Phi) is 3.61. The molecule has 1 aromatic carbocycles. The zero-order valence-electron chi connectivity index (χ0n) is 12.4. The van der Waals surface area contributed by atoms with E-state index >= 15 is 0 Å². The minimum atomic E-state index is 0.209. The first kappa shape index (κ1) is 13.6. The molecule has 1 heterocycles. The summed E-state index contributed by atoms with van der Waals surface area (Å²) in [5.74, 6) is 0.209. The summed E-state index contributed by atoms with van der Waals surface area (Å²) >= 11 is 0. The number of carbonyl (C=O) groups excluding carboxylic acids is 1. The number of hydrogen-bond acceptors (Lipinski definition) is 1. The van der Waals surface area contributed by atoms with E-state index in [1.54, 1.807) is 6.92 Å². The van der Waals surface area contributed by atoms with Crippen molar-refractivity contribution in [2.24, 2.45) is 0 Å². The molecule has 2 aromatic rings. The normalized spacial score (nSPS) is 10.8. The monoisotopic (exact) mass is 255 g/mol. The zero-order chi connectivity index (χ0) is 14.2. The number of Topliss-reactive ketones (excluding diaryl/α,β-unsaturated/α-hetero) is 1. The highest BCUT2D eigenvalue weighted by molar-refractivity contribution is 5.78. The predicted octanol–water partition coefficient (Wildman–Crippen LogP) is 3.84. The lowest BCUT2D eigenvalue weighted by molar-refractivity contribution is -0.116. The van der Waals surface area contributed by atoms with Crippen molar-refractivity contribution >= 4 is 5.78 Å². The smallest absolute Gasteiger partial charge is 0.134 e. The van der Waals surface area contributed by atoms with Gasteiger partial charge in [0.15, 0.2) is 0 Å². The summed E-state index contributed by atoms with van der Waals surface area (Å²) < 4.78 is 2.23. The SMILES string of the molecule is CC(=O)Cc1cc(C)n(-c2ccc(C)c(C)c2)c1C. The number of aromatic nitrogens is 1. The Bertz CT molecular complexity index is 635. The van der Waals surface area contributed by atoms with Gasteiger partial charge in [0.05, 0.1) is 0 Å². The zero-order valence-corrected chi connectivity index (χ0v) is 12.4. The largest absolute Gasteiger partial charge is 0.318 e. The van der Waals surface area contributed by atoms with Crippen molar-refractivity contribution in [2.45, 2.75) is 41.0 Å². The average molecular weight is 255 g/mol. The molecule has 0 aliphatic rings. The van der Waals surface area contributed by atoms with Gasteiger partial charge in [-0.1, -0.05) is 6.07 Å². The molecule has 0 spiro atoms. The Morgan fingerprint density at radius 2 is 1.74 bits per heavy atom. The van der Waals surface area contributed by atoms with Gasteiger partial charge in [0.25, 0.3) is 0 Å². The lowest BCUT2D eigenvalue weighted by atomic mass is 10.1. The molecule has 0 bridgehead atoms. The van der Waals surface area contributed by atoms with Gasteiger partial charge in [-0.05, 0) is 69.5 Å². The van der Waals surface area contributed by atoms with Crippen LogP contribution in [-0.2, 0) is 11.2 Å². The van der Waals surface area contributed by atoms with Gasteiger partial charge in [0.2, 0.25) is 0 Å². The van der Waals surface area contributed by atoms with E-state index in [9.17, 15) is 4.79 Å². The second-order valence-corrected chi connectivity index (χ2v) is 5.38. The van der Waals surface area contributed by atoms with Crippen molar-refractivity contribution in [3.05, 3.63) is 52.3 Å². The van der Waals surface area contributed by atoms with Gasteiger partial charge in [0, 0.05) is 23.5 Å². The van der Waals surface area contributed by atoms with Gasteiger partial charge >= 0.3 is 0 Å². The molecule has 0 saturated carbocycles. The maximum atomic E-state index is 11.3. The van der Waals surface area contributed by atoms with Crippen LogP contribution < -0.4 is 0 Å². The Hall–Kier alpha value is -1.83. The van der Waals surface area contributed by atoms with Crippen LogP contribution in [0.1, 0.15) is 35.0 Å². The van der Waals surface area contributed by atoms with E-state index in [1.807, 2.05) is 0 Å². The van der Waals surface area contributed by atoms with E-state index in [0.717, 1.165) is 11.3 Å². The summed E-state index contributed by atoms with van der Waals surface area (Å²) in [4.78, 5) is 11.3. The average Bonchev–Trinajstić information content (AvgIpc) is 2.58. The third-order valence-corrected chi connectivity index (χ3v) is 3.72. The van der Waals surface area contributed by atoms with Crippen molar-refractivity contribution in [3.8, 4) is 5.69 Å². The van der Waals surface area contributed by atoms with E-state index in [0.29, 0.717) is 6.42 Å². The number of benzene rings is 1. The van der Waals surface area contributed by atoms with Crippen LogP contribution in [0.4, 0.5) is 0 Å². The van der Waals surface area contributed by atoms with E-state index in [-0.39, 0.29) is 5.78 Å². The van der Waals surface area contributed by atoms with Gasteiger partial charge in [0.1, 0.15) is 5.78 Å². The second-order valence-electron chi connectivity index (χ2n) is 5.38. The van der Waals surface area contributed by atoms with Crippen molar-refractivity contribution in [1.82, 2.24) is 4.57 Å². The molecule has 0 atom stereocenters. The van der Waals surface area contributed by atoms with Crippen LogP contribution in [0.5, 0.6) is 0 Å². The standard InChI is InChI=1S/C17H21NO/c1-11-6-7-17(8-12(11)2)18-13(3)9-16(15(18)5)10-14(4)19/h6-9H,10H2,1-5H3. The lowest BCUT2D eigenvalue weighted by Crippen LogP contribution is -2.02. The molecule has 19 heavy (non-hydrogen) atoms. The minimum Gasteiger partial charge on any atom is -0.318 e. The van der Waals surface area contributed by atoms with E-state index in [1.165, 1.54) is 22.5 Å². The number of aryl methyl sites for hydroxylation is 3. The molecule has 0 aliphatic carbocycles. The molecule has 1 aromatic heterocycles. The molecule has 0 fully saturated rings. The Balaban J connectivity index is 2.52. The molecule has 0 saturated heterocycles. The number of carbonyl (C=O) groups is 1. The Morgan fingerprint density at radius 3 is 2.32 bits per heavy atom. The third kappa shape index (κ3) is 2.62. The quantitative estimate of drug-likeness (QED) is 0.816. The van der Waals surface area contributed by atoms with Crippen molar-refractivity contribution in [2.75, 3.05) is 0 Å². The molecule has 0 N–H and O–H groups in total. The summed E-state index contributed by atoms with van der Waals surface area (Å²) in [5, 5.41) is 0. The fourth-order valence-corrected chi connectivity index (χ4v) is 2.54. The van der Waals surface area contributed by atoms with Crippen LogP contribution in [0.3, 0.4) is 0 Å². The maximum absolute atomic E-state index is 11.3. The molecular formula is C17H21NO. The summed E-state index contributed by atoms with van der Waals surface area (Å²) in [7, 11) is 0. The van der Waals surface area contributed by atoms with Crippen LogP contribution in [0.15, 0.2) is 24.3 Å². The maximum Gasteiger partial charge on any atom is 0.134 e. The molecule has 0 amide bonds. The highest BCUT2D eigenvalue weighted by atomic mass is 16.1. The third-order valence-electron chi connectivity index (χ3n) is 3.72.